The fourth-order valence-corrected chi connectivity index (χ4v) is 2.74. The number of methoxy groups -OCH3 is 1. The van der Waals surface area contributed by atoms with Crippen LogP contribution in [-0.2, 0) is 6.54 Å². The van der Waals surface area contributed by atoms with Crippen LogP contribution in [0.3, 0.4) is 0 Å². The Bertz CT molecular complexity index is 588. The van der Waals surface area contributed by atoms with Crippen LogP contribution in [-0.4, -0.2) is 7.11 Å². The largest absolute Gasteiger partial charge is 0.496 e. The number of halogens is 2. The standard InChI is InChI=1S/C16H17BrClNO/c1-11(12-7-8-16(20-2)14(17)9-12)19-10-13-5-3-4-6-15(13)18/h3-9,11,19H,10H2,1-2H3. The number of hydrogen-bond donors (Lipinski definition) is 1. The van der Waals surface area contributed by atoms with Crippen LogP contribution in [0.25, 0.3) is 0 Å². The molecule has 0 saturated heterocycles. The second-order valence-electron chi connectivity index (χ2n) is 4.59. The van der Waals surface area contributed by atoms with Crippen molar-refractivity contribution in [2.24, 2.45) is 0 Å². The second-order valence-corrected chi connectivity index (χ2v) is 5.85. The van der Waals surface area contributed by atoms with Gasteiger partial charge in [0.1, 0.15) is 5.75 Å². The van der Waals surface area contributed by atoms with Gasteiger partial charge in [-0.25, -0.2) is 0 Å². The van der Waals surface area contributed by atoms with E-state index in [-0.39, 0.29) is 6.04 Å². The van der Waals surface area contributed by atoms with Crippen molar-refractivity contribution in [3.05, 3.63) is 63.1 Å². The summed E-state index contributed by atoms with van der Waals surface area (Å²) in [4.78, 5) is 0. The highest BCUT2D eigenvalue weighted by molar-refractivity contribution is 9.10. The first-order chi connectivity index (χ1) is 9.61. The first kappa shape index (κ1) is 15.4. The molecule has 0 aliphatic rings. The Labute approximate surface area is 133 Å². The van der Waals surface area contributed by atoms with Crippen molar-refractivity contribution >= 4 is 27.5 Å². The predicted molar refractivity (Wildman–Crippen MR) is 87.4 cm³/mol. The number of hydrogen-bond acceptors (Lipinski definition) is 2. The zero-order chi connectivity index (χ0) is 14.5. The van der Waals surface area contributed by atoms with Crippen LogP contribution in [0, 0.1) is 0 Å². The average molecular weight is 355 g/mol. The minimum absolute atomic E-state index is 0.230. The second kappa shape index (κ2) is 7.11. The zero-order valence-electron chi connectivity index (χ0n) is 11.5. The fraction of sp³-hybridized carbons (Fsp3) is 0.250. The molecule has 0 spiro atoms. The molecule has 2 aromatic carbocycles. The van der Waals surface area contributed by atoms with Crippen LogP contribution in [0.1, 0.15) is 24.1 Å². The molecule has 2 aromatic rings. The molecule has 1 atom stereocenters. The van der Waals surface area contributed by atoms with Crippen molar-refractivity contribution in [2.75, 3.05) is 7.11 Å². The summed E-state index contributed by atoms with van der Waals surface area (Å²) in [6.45, 7) is 2.87. The van der Waals surface area contributed by atoms with E-state index < -0.39 is 0 Å². The van der Waals surface area contributed by atoms with Crippen molar-refractivity contribution < 1.29 is 4.74 Å². The Hall–Kier alpha value is -1.03. The predicted octanol–water partition coefficient (Wildman–Crippen LogP) is 4.96. The Balaban J connectivity index is 2.03. The number of benzene rings is 2. The molecule has 2 rings (SSSR count). The van der Waals surface area contributed by atoms with Gasteiger partial charge in [-0.15, -0.1) is 0 Å². The summed E-state index contributed by atoms with van der Waals surface area (Å²) >= 11 is 9.66. The minimum Gasteiger partial charge on any atom is -0.496 e. The SMILES string of the molecule is COc1ccc(C(C)NCc2ccccc2Cl)cc1Br. The zero-order valence-corrected chi connectivity index (χ0v) is 13.8. The quantitative estimate of drug-likeness (QED) is 0.819. The van der Waals surface area contributed by atoms with Crippen molar-refractivity contribution in [3.63, 3.8) is 0 Å². The van der Waals surface area contributed by atoms with E-state index in [0.29, 0.717) is 0 Å². The van der Waals surface area contributed by atoms with Gasteiger partial charge in [-0.3, -0.25) is 0 Å². The van der Waals surface area contributed by atoms with E-state index in [4.69, 9.17) is 16.3 Å². The molecular weight excluding hydrogens is 338 g/mol. The third-order valence-electron chi connectivity index (χ3n) is 3.23. The highest BCUT2D eigenvalue weighted by atomic mass is 79.9. The molecule has 1 unspecified atom stereocenters. The molecule has 0 radical (unpaired) electrons. The summed E-state index contributed by atoms with van der Waals surface area (Å²) in [6.07, 6.45) is 0. The smallest absolute Gasteiger partial charge is 0.133 e. The lowest BCUT2D eigenvalue weighted by atomic mass is 10.1. The maximum Gasteiger partial charge on any atom is 0.133 e. The van der Waals surface area contributed by atoms with Crippen LogP contribution >= 0.6 is 27.5 Å². The highest BCUT2D eigenvalue weighted by Gasteiger charge is 2.09. The Kier molecular flexibility index (Phi) is 5.46. The number of nitrogens with one attached hydrogen (secondary N) is 1. The average Bonchev–Trinajstić information content (AvgIpc) is 2.46. The van der Waals surface area contributed by atoms with Crippen molar-refractivity contribution in [3.8, 4) is 5.75 Å². The van der Waals surface area contributed by atoms with Gasteiger partial charge in [-0.1, -0.05) is 35.9 Å². The third-order valence-corrected chi connectivity index (χ3v) is 4.22. The van der Waals surface area contributed by atoms with E-state index in [9.17, 15) is 0 Å². The van der Waals surface area contributed by atoms with Gasteiger partial charge in [0.25, 0.3) is 0 Å². The lowest BCUT2D eigenvalue weighted by molar-refractivity contribution is 0.411. The van der Waals surface area contributed by atoms with E-state index in [2.05, 4.69) is 40.3 Å². The molecule has 0 aromatic heterocycles. The van der Waals surface area contributed by atoms with E-state index in [0.717, 1.165) is 27.4 Å². The lowest BCUT2D eigenvalue weighted by Gasteiger charge is -2.16. The van der Waals surface area contributed by atoms with Gasteiger partial charge in [0, 0.05) is 17.6 Å². The maximum atomic E-state index is 6.15. The molecule has 0 amide bonds. The van der Waals surface area contributed by atoms with Gasteiger partial charge in [0.05, 0.1) is 11.6 Å². The Morgan fingerprint density at radius 1 is 1.25 bits per heavy atom. The van der Waals surface area contributed by atoms with Gasteiger partial charge < -0.3 is 10.1 Å². The molecular formula is C16H17BrClNO. The van der Waals surface area contributed by atoms with Crippen LogP contribution < -0.4 is 10.1 Å². The Morgan fingerprint density at radius 3 is 2.65 bits per heavy atom. The molecule has 1 N–H and O–H groups in total. The van der Waals surface area contributed by atoms with Crippen LogP contribution in [0.15, 0.2) is 46.9 Å². The summed E-state index contributed by atoms with van der Waals surface area (Å²) in [7, 11) is 1.67. The molecule has 0 heterocycles. The molecule has 0 fully saturated rings. The van der Waals surface area contributed by atoms with Gasteiger partial charge in [-0.2, -0.15) is 0 Å². The highest BCUT2D eigenvalue weighted by Crippen LogP contribution is 2.28. The van der Waals surface area contributed by atoms with Gasteiger partial charge in [0.2, 0.25) is 0 Å². The summed E-state index contributed by atoms with van der Waals surface area (Å²) in [5, 5.41) is 4.27. The topological polar surface area (TPSA) is 21.3 Å². The monoisotopic (exact) mass is 353 g/mol. The third kappa shape index (κ3) is 3.75. The van der Waals surface area contributed by atoms with E-state index in [1.54, 1.807) is 7.11 Å². The van der Waals surface area contributed by atoms with Crippen LogP contribution in [0.5, 0.6) is 5.75 Å². The molecule has 0 bridgehead atoms. The summed E-state index contributed by atoms with van der Waals surface area (Å²) in [5.74, 6) is 0.840. The molecule has 106 valence electrons. The molecule has 20 heavy (non-hydrogen) atoms. The van der Waals surface area contributed by atoms with E-state index >= 15 is 0 Å². The van der Waals surface area contributed by atoms with E-state index in [1.165, 1.54) is 5.56 Å². The fourth-order valence-electron chi connectivity index (χ4n) is 1.97. The van der Waals surface area contributed by atoms with E-state index in [1.807, 2.05) is 30.3 Å². The van der Waals surface area contributed by atoms with Crippen molar-refractivity contribution in [2.45, 2.75) is 19.5 Å². The number of rotatable bonds is 5. The van der Waals surface area contributed by atoms with Crippen LogP contribution in [0.2, 0.25) is 5.02 Å². The molecule has 0 saturated carbocycles. The van der Waals surface area contributed by atoms with Gasteiger partial charge in [-0.05, 0) is 52.2 Å². The normalized spacial score (nSPS) is 12.2. The molecule has 2 nitrogen and oxygen atoms in total. The van der Waals surface area contributed by atoms with Gasteiger partial charge in [0.15, 0.2) is 0 Å². The lowest BCUT2D eigenvalue weighted by Crippen LogP contribution is -2.18. The van der Waals surface area contributed by atoms with Crippen molar-refractivity contribution in [1.82, 2.24) is 5.32 Å². The summed E-state index contributed by atoms with van der Waals surface area (Å²) in [6, 6.07) is 14.2. The number of ether oxygens (including phenoxy) is 1. The minimum atomic E-state index is 0.230. The summed E-state index contributed by atoms with van der Waals surface area (Å²) in [5.41, 5.74) is 2.30. The first-order valence-electron chi connectivity index (χ1n) is 6.42. The first-order valence-corrected chi connectivity index (χ1v) is 7.59. The molecule has 0 aliphatic carbocycles. The molecule has 0 aliphatic heterocycles. The Morgan fingerprint density at radius 2 is 2.00 bits per heavy atom. The van der Waals surface area contributed by atoms with Crippen molar-refractivity contribution in [1.29, 1.82) is 0 Å². The maximum absolute atomic E-state index is 6.15. The summed E-state index contributed by atoms with van der Waals surface area (Å²) < 4.78 is 6.20. The molecule has 4 heteroatoms. The van der Waals surface area contributed by atoms with Crippen LogP contribution in [0.4, 0.5) is 0 Å². The van der Waals surface area contributed by atoms with Gasteiger partial charge >= 0.3 is 0 Å².